The Labute approximate surface area is 92.6 Å². The van der Waals surface area contributed by atoms with E-state index in [1.54, 1.807) is 7.11 Å². The Morgan fingerprint density at radius 3 is 2.47 bits per heavy atom. The molecule has 2 heteroatoms. The average molecular weight is 207 g/mol. The van der Waals surface area contributed by atoms with Crippen molar-refractivity contribution in [1.29, 1.82) is 0 Å². The Morgan fingerprint density at radius 2 is 1.93 bits per heavy atom. The van der Waals surface area contributed by atoms with Crippen molar-refractivity contribution in [3.63, 3.8) is 0 Å². The molecule has 0 saturated heterocycles. The predicted octanol–water partition coefficient (Wildman–Crippen LogP) is 2.63. The summed E-state index contributed by atoms with van der Waals surface area (Å²) in [7, 11) is 1.69. The van der Waals surface area contributed by atoms with Crippen LogP contribution in [-0.2, 0) is 6.42 Å². The van der Waals surface area contributed by atoms with Gasteiger partial charge in [-0.25, -0.2) is 0 Å². The highest BCUT2D eigenvalue weighted by Crippen LogP contribution is 2.11. The second kappa shape index (κ2) is 6.46. The molecule has 0 aliphatic heterocycles. The van der Waals surface area contributed by atoms with Crippen molar-refractivity contribution in [3.05, 3.63) is 29.8 Å². The summed E-state index contributed by atoms with van der Waals surface area (Å²) in [5, 5.41) is 3.48. The van der Waals surface area contributed by atoms with Crippen molar-refractivity contribution in [1.82, 2.24) is 5.32 Å². The first-order valence-corrected chi connectivity index (χ1v) is 5.62. The highest BCUT2D eigenvalue weighted by atomic mass is 16.5. The fourth-order valence-corrected chi connectivity index (χ4v) is 1.40. The number of ether oxygens (including phenoxy) is 1. The monoisotopic (exact) mass is 207 g/mol. The lowest BCUT2D eigenvalue weighted by atomic mass is 10.1. The molecule has 0 aliphatic rings. The Morgan fingerprint density at radius 1 is 1.27 bits per heavy atom. The van der Waals surface area contributed by atoms with Gasteiger partial charge in [0.05, 0.1) is 7.11 Å². The average Bonchev–Trinajstić information content (AvgIpc) is 2.29. The van der Waals surface area contributed by atoms with Gasteiger partial charge >= 0.3 is 0 Å². The number of nitrogens with one attached hydrogen (secondary N) is 1. The van der Waals surface area contributed by atoms with Crippen LogP contribution in [0, 0.1) is 0 Å². The van der Waals surface area contributed by atoms with E-state index in [0.29, 0.717) is 6.04 Å². The molecular weight excluding hydrogens is 186 g/mol. The molecule has 0 spiro atoms. The molecule has 0 heterocycles. The Hall–Kier alpha value is -1.02. The van der Waals surface area contributed by atoms with Gasteiger partial charge in [0.15, 0.2) is 0 Å². The molecule has 0 aliphatic carbocycles. The van der Waals surface area contributed by atoms with Crippen LogP contribution in [0.15, 0.2) is 24.3 Å². The van der Waals surface area contributed by atoms with Gasteiger partial charge in [0.1, 0.15) is 5.75 Å². The lowest BCUT2D eigenvalue weighted by Crippen LogP contribution is -2.27. The molecule has 0 fully saturated rings. The molecule has 0 radical (unpaired) electrons. The first-order valence-electron chi connectivity index (χ1n) is 5.62. The van der Waals surface area contributed by atoms with Gasteiger partial charge in [-0.3, -0.25) is 0 Å². The topological polar surface area (TPSA) is 21.3 Å². The predicted molar refractivity (Wildman–Crippen MR) is 64.5 cm³/mol. The van der Waals surface area contributed by atoms with Gasteiger partial charge in [-0.15, -0.1) is 0 Å². The van der Waals surface area contributed by atoms with Crippen molar-refractivity contribution in [2.45, 2.75) is 32.7 Å². The van der Waals surface area contributed by atoms with Crippen LogP contribution >= 0.6 is 0 Å². The smallest absolute Gasteiger partial charge is 0.118 e. The minimum Gasteiger partial charge on any atom is -0.497 e. The summed E-state index contributed by atoms with van der Waals surface area (Å²) in [5.74, 6) is 0.925. The van der Waals surface area contributed by atoms with Crippen molar-refractivity contribution in [2.75, 3.05) is 13.7 Å². The Bertz CT molecular complexity index is 268. The summed E-state index contributed by atoms with van der Waals surface area (Å²) in [5.41, 5.74) is 1.35. The van der Waals surface area contributed by atoms with Crippen LogP contribution in [0.1, 0.15) is 25.8 Å². The number of benzene rings is 1. The molecule has 1 atom stereocenters. The number of rotatable bonds is 6. The molecule has 0 saturated carbocycles. The fraction of sp³-hybridized carbons (Fsp3) is 0.538. The van der Waals surface area contributed by atoms with Crippen LogP contribution in [0.2, 0.25) is 0 Å². The maximum absolute atomic E-state index is 5.11. The number of methoxy groups -OCH3 is 1. The van der Waals surface area contributed by atoms with Crippen LogP contribution in [0.4, 0.5) is 0 Å². The van der Waals surface area contributed by atoms with Gasteiger partial charge in [0.2, 0.25) is 0 Å². The van der Waals surface area contributed by atoms with Crippen molar-refractivity contribution in [3.8, 4) is 5.75 Å². The van der Waals surface area contributed by atoms with Gasteiger partial charge in [0, 0.05) is 6.04 Å². The molecule has 0 amide bonds. The largest absolute Gasteiger partial charge is 0.497 e. The van der Waals surface area contributed by atoms with Gasteiger partial charge in [0.25, 0.3) is 0 Å². The van der Waals surface area contributed by atoms with Gasteiger partial charge in [-0.1, -0.05) is 19.1 Å². The van der Waals surface area contributed by atoms with E-state index in [1.807, 2.05) is 12.1 Å². The molecule has 1 aromatic rings. The molecule has 0 unspecified atom stereocenters. The van der Waals surface area contributed by atoms with Crippen LogP contribution in [0.25, 0.3) is 0 Å². The van der Waals surface area contributed by atoms with Gasteiger partial charge in [-0.2, -0.15) is 0 Å². The Balaban J connectivity index is 2.31. The number of hydrogen-bond donors (Lipinski definition) is 1. The zero-order valence-electron chi connectivity index (χ0n) is 9.92. The molecule has 1 rings (SSSR count). The molecule has 1 N–H and O–H groups in total. The molecule has 0 aromatic heterocycles. The summed E-state index contributed by atoms with van der Waals surface area (Å²) >= 11 is 0. The molecule has 15 heavy (non-hydrogen) atoms. The normalized spacial score (nSPS) is 12.5. The molecule has 84 valence electrons. The SMILES string of the molecule is CC[C@H](C)NCCc1ccc(OC)cc1. The van der Waals surface area contributed by atoms with E-state index in [4.69, 9.17) is 4.74 Å². The third-order valence-electron chi connectivity index (χ3n) is 2.68. The number of hydrogen-bond acceptors (Lipinski definition) is 2. The summed E-state index contributed by atoms with van der Waals surface area (Å²) in [4.78, 5) is 0. The molecule has 2 nitrogen and oxygen atoms in total. The van der Waals surface area contributed by atoms with Crippen molar-refractivity contribution >= 4 is 0 Å². The minimum atomic E-state index is 0.614. The standard InChI is InChI=1S/C13H21NO/c1-4-11(2)14-10-9-12-5-7-13(15-3)8-6-12/h5-8,11,14H,4,9-10H2,1-3H3/t11-/m0/s1. The minimum absolute atomic E-state index is 0.614. The third kappa shape index (κ3) is 4.34. The van der Waals surface area contributed by atoms with Crippen LogP contribution < -0.4 is 10.1 Å². The lowest BCUT2D eigenvalue weighted by molar-refractivity contribution is 0.414. The summed E-state index contributed by atoms with van der Waals surface area (Å²) < 4.78 is 5.11. The van der Waals surface area contributed by atoms with Crippen LogP contribution in [0.3, 0.4) is 0 Å². The van der Waals surface area contributed by atoms with Crippen molar-refractivity contribution < 1.29 is 4.74 Å². The molecule has 1 aromatic carbocycles. The van der Waals surface area contributed by atoms with E-state index in [0.717, 1.165) is 18.7 Å². The maximum atomic E-state index is 5.11. The van der Waals surface area contributed by atoms with Crippen LogP contribution in [0.5, 0.6) is 5.75 Å². The maximum Gasteiger partial charge on any atom is 0.118 e. The quantitative estimate of drug-likeness (QED) is 0.774. The summed E-state index contributed by atoms with van der Waals surface area (Å²) in [6.07, 6.45) is 2.26. The van der Waals surface area contributed by atoms with Gasteiger partial charge < -0.3 is 10.1 Å². The van der Waals surface area contributed by atoms with E-state index in [9.17, 15) is 0 Å². The second-order valence-corrected chi connectivity index (χ2v) is 3.86. The second-order valence-electron chi connectivity index (χ2n) is 3.86. The highest BCUT2D eigenvalue weighted by molar-refractivity contribution is 5.27. The van der Waals surface area contributed by atoms with E-state index < -0.39 is 0 Å². The summed E-state index contributed by atoms with van der Waals surface area (Å²) in [6, 6.07) is 8.88. The zero-order chi connectivity index (χ0) is 11.1. The lowest BCUT2D eigenvalue weighted by Gasteiger charge is -2.11. The molecule has 0 bridgehead atoms. The van der Waals surface area contributed by atoms with E-state index in [2.05, 4.69) is 31.3 Å². The fourth-order valence-electron chi connectivity index (χ4n) is 1.40. The Kier molecular flexibility index (Phi) is 5.19. The third-order valence-corrected chi connectivity index (χ3v) is 2.68. The highest BCUT2D eigenvalue weighted by Gasteiger charge is 1.98. The zero-order valence-corrected chi connectivity index (χ0v) is 9.92. The first kappa shape index (κ1) is 12.1. The first-order chi connectivity index (χ1) is 7.26. The summed E-state index contributed by atoms with van der Waals surface area (Å²) in [6.45, 7) is 5.46. The van der Waals surface area contributed by atoms with Crippen molar-refractivity contribution in [2.24, 2.45) is 0 Å². The van der Waals surface area contributed by atoms with Gasteiger partial charge in [-0.05, 0) is 44.0 Å². The van der Waals surface area contributed by atoms with E-state index in [-0.39, 0.29) is 0 Å². The van der Waals surface area contributed by atoms with Crippen LogP contribution in [-0.4, -0.2) is 19.7 Å². The van der Waals surface area contributed by atoms with E-state index in [1.165, 1.54) is 12.0 Å². The molecular formula is C13H21NO. The van der Waals surface area contributed by atoms with E-state index >= 15 is 0 Å².